The van der Waals surface area contributed by atoms with Gasteiger partial charge in [-0.1, -0.05) is 0 Å². The number of nitrogens with zero attached hydrogens (tertiary/aromatic N) is 6. The lowest BCUT2D eigenvalue weighted by molar-refractivity contribution is 0.00578. The monoisotopic (exact) mass is 440 g/mol. The molecule has 3 aromatic heterocycles. The van der Waals surface area contributed by atoms with Crippen LogP contribution in [-0.2, 0) is 21.1 Å². The van der Waals surface area contributed by atoms with Gasteiger partial charge in [0.15, 0.2) is 11.5 Å². The van der Waals surface area contributed by atoms with Crippen LogP contribution < -0.4 is 10.4 Å². The molecule has 0 N–H and O–H groups in total. The molecule has 4 heterocycles. The number of hydrogen-bond acceptors (Lipinski definition) is 7. The van der Waals surface area contributed by atoms with Crippen molar-refractivity contribution in [3.63, 3.8) is 0 Å². The molecule has 0 unspecified atom stereocenters. The lowest BCUT2D eigenvalue weighted by Crippen LogP contribution is -2.41. The van der Waals surface area contributed by atoms with E-state index in [1.54, 1.807) is 34.7 Å². The van der Waals surface area contributed by atoms with Gasteiger partial charge in [-0.2, -0.15) is 10.2 Å². The summed E-state index contributed by atoms with van der Waals surface area (Å²) < 4.78 is 21.3. The van der Waals surface area contributed by atoms with Crippen molar-refractivity contribution in [1.29, 1.82) is 0 Å². The van der Waals surface area contributed by atoms with E-state index in [4.69, 9.17) is 14.0 Å². The van der Waals surface area contributed by atoms with E-state index in [1.165, 1.54) is 11.2 Å². The van der Waals surface area contributed by atoms with Crippen LogP contribution in [0.1, 0.15) is 48.5 Å². The molecular formula is C21H29BN6O4. The minimum Gasteiger partial charge on any atom is -0.443 e. The number of pyridine rings is 1. The molecule has 0 spiro atoms. The number of amides is 1. The summed E-state index contributed by atoms with van der Waals surface area (Å²) in [6.07, 6.45) is 4.40. The summed E-state index contributed by atoms with van der Waals surface area (Å²) in [5.41, 5.74) is -0.0927. The molecule has 0 radical (unpaired) electrons. The van der Waals surface area contributed by atoms with Crippen LogP contribution >= 0.6 is 0 Å². The van der Waals surface area contributed by atoms with Gasteiger partial charge in [-0.25, -0.2) is 19.2 Å². The molecule has 0 bridgehead atoms. The normalized spacial score (nSPS) is 17.7. The van der Waals surface area contributed by atoms with E-state index >= 15 is 0 Å². The van der Waals surface area contributed by atoms with Gasteiger partial charge in [0.25, 0.3) is 0 Å². The zero-order chi connectivity index (χ0) is 23.5. The molecule has 1 amide bonds. The molecule has 4 rings (SSSR count). The second kappa shape index (κ2) is 7.31. The zero-order valence-electron chi connectivity index (χ0n) is 19.8. The molecule has 1 saturated heterocycles. The third kappa shape index (κ3) is 3.98. The van der Waals surface area contributed by atoms with Crippen LogP contribution in [-0.4, -0.2) is 54.4 Å². The molecule has 0 aliphatic carbocycles. The fourth-order valence-corrected chi connectivity index (χ4v) is 3.35. The quantitative estimate of drug-likeness (QED) is 0.578. The van der Waals surface area contributed by atoms with Crippen molar-refractivity contribution < 1.29 is 18.8 Å². The van der Waals surface area contributed by atoms with Crippen LogP contribution in [0.15, 0.2) is 30.9 Å². The fraction of sp³-hybridized carbons (Fsp3) is 0.524. The molecule has 0 atom stereocenters. The van der Waals surface area contributed by atoms with Gasteiger partial charge in [-0.3, -0.25) is 4.68 Å². The average molecular weight is 440 g/mol. The number of hydrogen-bond donors (Lipinski definition) is 0. The maximum Gasteiger partial charge on any atom is 0.496 e. The van der Waals surface area contributed by atoms with Crippen molar-refractivity contribution in [3.8, 4) is 0 Å². The summed E-state index contributed by atoms with van der Waals surface area (Å²) in [4.78, 5) is 19.1. The Bertz CT molecular complexity index is 1150. The summed E-state index contributed by atoms with van der Waals surface area (Å²) in [7, 11) is 1.14. The first-order chi connectivity index (χ1) is 14.8. The van der Waals surface area contributed by atoms with Gasteiger partial charge < -0.3 is 14.0 Å². The molecule has 170 valence electrons. The molecule has 1 aliphatic rings. The lowest BCUT2D eigenvalue weighted by atomic mass is 9.80. The van der Waals surface area contributed by atoms with E-state index in [-0.39, 0.29) is 0 Å². The fourth-order valence-electron chi connectivity index (χ4n) is 3.35. The Morgan fingerprint density at radius 2 is 1.84 bits per heavy atom. The number of carbonyl (C=O) groups excluding carboxylic acids is 1. The SMILES string of the molecule is Cn1ccc(N(C(=O)OC(C)(C)C)c2cc(B3OC(C)(C)C(C)(C)O3)cn3ncnc23)n1. The summed E-state index contributed by atoms with van der Waals surface area (Å²) >= 11 is 0. The Hall–Kier alpha value is -2.92. The minimum atomic E-state index is -0.697. The van der Waals surface area contributed by atoms with Gasteiger partial charge in [-0.15, -0.1) is 0 Å². The second-order valence-corrected chi connectivity index (χ2v) is 9.94. The molecular weight excluding hydrogens is 411 g/mol. The van der Waals surface area contributed by atoms with E-state index in [1.807, 2.05) is 54.5 Å². The number of fused-ring (bicyclic) bond motifs is 1. The highest BCUT2D eigenvalue weighted by Crippen LogP contribution is 2.37. The predicted molar refractivity (Wildman–Crippen MR) is 120 cm³/mol. The molecule has 1 fully saturated rings. The maximum atomic E-state index is 13.3. The Labute approximate surface area is 187 Å². The van der Waals surface area contributed by atoms with Crippen LogP contribution in [0.4, 0.5) is 16.3 Å². The highest BCUT2D eigenvalue weighted by atomic mass is 16.7. The Morgan fingerprint density at radius 3 is 2.41 bits per heavy atom. The highest BCUT2D eigenvalue weighted by Gasteiger charge is 2.52. The van der Waals surface area contributed by atoms with Crippen LogP contribution in [0, 0.1) is 0 Å². The van der Waals surface area contributed by atoms with Gasteiger partial charge in [-0.05, 0) is 54.5 Å². The van der Waals surface area contributed by atoms with E-state index < -0.39 is 30.0 Å². The molecule has 11 heteroatoms. The molecule has 32 heavy (non-hydrogen) atoms. The molecule has 0 saturated carbocycles. The number of ether oxygens (including phenoxy) is 1. The van der Waals surface area contributed by atoms with Gasteiger partial charge in [0, 0.05) is 31.0 Å². The topological polar surface area (TPSA) is 96.0 Å². The zero-order valence-corrected chi connectivity index (χ0v) is 19.8. The Balaban J connectivity index is 1.85. The Morgan fingerprint density at radius 1 is 1.19 bits per heavy atom. The van der Waals surface area contributed by atoms with E-state index in [0.29, 0.717) is 22.6 Å². The number of rotatable bonds is 3. The summed E-state index contributed by atoms with van der Waals surface area (Å²) in [5.74, 6) is 0.401. The number of anilines is 2. The number of aromatic nitrogens is 5. The van der Waals surface area contributed by atoms with Crippen LogP contribution in [0.25, 0.3) is 5.65 Å². The number of carbonyl (C=O) groups is 1. The third-order valence-electron chi connectivity index (χ3n) is 5.65. The van der Waals surface area contributed by atoms with E-state index in [2.05, 4.69) is 15.2 Å². The minimum absolute atomic E-state index is 0.401. The highest BCUT2D eigenvalue weighted by molar-refractivity contribution is 6.62. The van der Waals surface area contributed by atoms with Crippen molar-refractivity contribution in [2.24, 2.45) is 7.05 Å². The van der Waals surface area contributed by atoms with Crippen molar-refractivity contribution >= 4 is 35.8 Å². The average Bonchev–Trinajstić information content (AvgIpc) is 3.32. The van der Waals surface area contributed by atoms with Crippen LogP contribution in [0.2, 0.25) is 0 Å². The van der Waals surface area contributed by atoms with Crippen molar-refractivity contribution in [3.05, 3.63) is 30.9 Å². The molecule has 3 aromatic rings. The van der Waals surface area contributed by atoms with Crippen LogP contribution in [0.3, 0.4) is 0 Å². The van der Waals surface area contributed by atoms with Crippen molar-refractivity contribution in [2.75, 3.05) is 4.90 Å². The largest absolute Gasteiger partial charge is 0.496 e. The van der Waals surface area contributed by atoms with Gasteiger partial charge in [0.05, 0.1) is 16.9 Å². The summed E-state index contributed by atoms with van der Waals surface area (Å²) in [6.45, 7) is 13.4. The predicted octanol–water partition coefficient (Wildman–Crippen LogP) is 2.84. The van der Waals surface area contributed by atoms with Gasteiger partial charge >= 0.3 is 13.2 Å². The summed E-state index contributed by atoms with van der Waals surface area (Å²) in [6, 6.07) is 3.54. The van der Waals surface area contributed by atoms with Crippen LogP contribution in [0.5, 0.6) is 0 Å². The second-order valence-electron chi connectivity index (χ2n) is 9.94. The van der Waals surface area contributed by atoms with E-state index in [0.717, 1.165) is 0 Å². The Kier molecular flexibility index (Phi) is 5.09. The van der Waals surface area contributed by atoms with Gasteiger partial charge in [0.1, 0.15) is 11.9 Å². The number of aryl methyl sites for hydroxylation is 1. The molecule has 10 nitrogen and oxygen atoms in total. The smallest absolute Gasteiger partial charge is 0.443 e. The van der Waals surface area contributed by atoms with Gasteiger partial charge in [0.2, 0.25) is 0 Å². The molecule has 0 aromatic carbocycles. The lowest BCUT2D eigenvalue weighted by Gasteiger charge is -2.32. The molecule has 1 aliphatic heterocycles. The van der Waals surface area contributed by atoms with E-state index in [9.17, 15) is 4.79 Å². The third-order valence-corrected chi connectivity index (χ3v) is 5.65. The standard InChI is InChI=1S/C21H29BN6O4/c1-19(2,3)30-18(29)28(16-9-10-26(8)25-16)15-11-14(12-27-17(15)23-13-24-27)22-31-20(4,5)21(6,7)32-22/h9-13H,1-8H3. The van der Waals surface area contributed by atoms with Crippen molar-refractivity contribution in [1.82, 2.24) is 24.4 Å². The maximum absolute atomic E-state index is 13.3. The van der Waals surface area contributed by atoms with Crippen molar-refractivity contribution in [2.45, 2.75) is 65.3 Å². The first-order valence-electron chi connectivity index (χ1n) is 10.5. The first-order valence-corrected chi connectivity index (χ1v) is 10.5. The first kappa shape index (κ1) is 22.3. The summed E-state index contributed by atoms with van der Waals surface area (Å²) in [5, 5.41) is 8.71.